The second-order valence-corrected chi connectivity index (χ2v) is 6.43. The number of fused-ring (bicyclic) bond motifs is 1. The number of rotatable bonds is 3. The van der Waals surface area contributed by atoms with E-state index < -0.39 is 5.82 Å². The van der Waals surface area contributed by atoms with Crippen LogP contribution in [0.4, 0.5) is 10.1 Å². The van der Waals surface area contributed by atoms with Gasteiger partial charge in [0.05, 0.1) is 5.56 Å². The molecule has 0 amide bonds. The summed E-state index contributed by atoms with van der Waals surface area (Å²) in [5, 5.41) is 9.01. The van der Waals surface area contributed by atoms with Crippen molar-refractivity contribution >= 4 is 5.69 Å². The highest BCUT2D eigenvalue weighted by molar-refractivity contribution is 5.62. The van der Waals surface area contributed by atoms with Gasteiger partial charge in [-0.15, -0.1) is 0 Å². The van der Waals surface area contributed by atoms with E-state index in [-0.39, 0.29) is 11.1 Å². The van der Waals surface area contributed by atoms with E-state index in [1.807, 2.05) is 6.07 Å². The quantitative estimate of drug-likeness (QED) is 0.806. The van der Waals surface area contributed by atoms with Gasteiger partial charge >= 0.3 is 0 Å². The van der Waals surface area contributed by atoms with E-state index in [4.69, 9.17) is 5.26 Å². The third kappa shape index (κ3) is 2.52. The van der Waals surface area contributed by atoms with Gasteiger partial charge in [0, 0.05) is 17.8 Å². The lowest BCUT2D eigenvalue weighted by Gasteiger charge is -2.47. The van der Waals surface area contributed by atoms with Crippen molar-refractivity contribution in [2.45, 2.75) is 58.4 Å². The van der Waals surface area contributed by atoms with Crippen LogP contribution in [0.3, 0.4) is 0 Å². The Morgan fingerprint density at radius 2 is 2.15 bits per heavy atom. The van der Waals surface area contributed by atoms with Crippen molar-refractivity contribution in [2.75, 3.05) is 11.4 Å². The molecule has 0 aromatic heterocycles. The van der Waals surface area contributed by atoms with Crippen LogP contribution >= 0.6 is 0 Å². The zero-order valence-electron chi connectivity index (χ0n) is 12.8. The monoisotopic (exact) mass is 274 g/mol. The smallest absolute Gasteiger partial charge is 0.143 e. The van der Waals surface area contributed by atoms with Gasteiger partial charge in [0.1, 0.15) is 11.9 Å². The predicted octanol–water partition coefficient (Wildman–Crippen LogP) is 4.59. The van der Waals surface area contributed by atoms with Crippen molar-refractivity contribution in [3.05, 3.63) is 29.1 Å². The van der Waals surface area contributed by atoms with E-state index >= 15 is 0 Å². The van der Waals surface area contributed by atoms with E-state index in [1.165, 1.54) is 0 Å². The Labute approximate surface area is 121 Å². The first-order valence-corrected chi connectivity index (χ1v) is 7.42. The molecule has 0 spiro atoms. The molecular formula is C17H23FN2. The molecule has 0 fully saturated rings. The van der Waals surface area contributed by atoms with Crippen LogP contribution in [0.2, 0.25) is 0 Å². The molecule has 0 aliphatic carbocycles. The molecule has 1 aromatic rings. The van der Waals surface area contributed by atoms with Gasteiger partial charge in [-0.2, -0.15) is 5.26 Å². The lowest BCUT2D eigenvalue weighted by molar-refractivity contribution is 0.373. The number of halogens is 1. The Balaban J connectivity index is 2.52. The van der Waals surface area contributed by atoms with Crippen LogP contribution in [0.5, 0.6) is 0 Å². The minimum absolute atomic E-state index is 0.0299. The summed E-state index contributed by atoms with van der Waals surface area (Å²) in [5.74, 6) is -0.0526. The van der Waals surface area contributed by atoms with Gasteiger partial charge in [-0.25, -0.2) is 4.39 Å². The molecule has 20 heavy (non-hydrogen) atoms. The molecule has 1 aliphatic heterocycles. The molecule has 0 unspecified atom stereocenters. The number of anilines is 1. The summed E-state index contributed by atoms with van der Waals surface area (Å²) in [6, 6.07) is 5.25. The standard InChI is InChI=1S/C17H23FN2/c1-5-6-7-20-16-9-15(18)13(11-19)8-14(16)12(2)10-17(20,3)4/h8-9,12H,5-7,10H2,1-4H3/t12-/m1/s1. The molecule has 1 aliphatic rings. The molecule has 3 heteroatoms. The predicted molar refractivity (Wildman–Crippen MR) is 80.5 cm³/mol. The highest BCUT2D eigenvalue weighted by atomic mass is 19.1. The fourth-order valence-electron chi connectivity index (χ4n) is 3.33. The lowest BCUT2D eigenvalue weighted by Crippen LogP contribution is -2.48. The van der Waals surface area contributed by atoms with E-state index in [0.717, 1.165) is 37.1 Å². The van der Waals surface area contributed by atoms with Gasteiger partial charge in [-0.05, 0) is 50.3 Å². The normalized spacial score (nSPS) is 20.4. The fraction of sp³-hybridized carbons (Fsp3) is 0.588. The summed E-state index contributed by atoms with van der Waals surface area (Å²) in [4.78, 5) is 2.32. The minimum atomic E-state index is -0.405. The highest BCUT2D eigenvalue weighted by Crippen LogP contribution is 2.44. The van der Waals surface area contributed by atoms with E-state index in [9.17, 15) is 4.39 Å². The molecule has 2 nitrogen and oxygen atoms in total. The second kappa shape index (κ2) is 5.44. The van der Waals surface area contributed by atoms with Gasteiger partial charge in [-0.1, -0.05) is 20.3 Å². The molecular weight excluding hydrogens is 251 g/mol. The molecule has 0 saturated heterocycles. The fourth-order valence-corrected chi connectivity index (χ4v) is 3.33. The Morgan fingerprint density at radius 3 is 2.75 bits per heavy atom. The largest absolute Gasteiger partial charge is 0.366 e. The highest BCUT2D eigenvalue weighted by Gasteiger charge is 2.36. The lowest BCUT2D eigenvalue weighted by atomic mass is 9.79. The molecule has 1 atom stereocenters. The summed E-state index contributed by atoms with van der Waals surface area (Å²) in [6.07, 6.45) is 3.25. The van der Waals surface area contributed by atoms with Crippen molar-refractivity contribution in [3.63, 3.8) is 0 Å². The second-order valence-electron chi connectivity index (χ2n) is 6.43. The maximum Gasteiger partial charge on any atom is 0.143 e. The topological polar surface area (TPSA) is 27.0 Å². The van der Waals surface area contributed by atoms with E-state index in [1.54, 1.807) is 12.1 Å². The molecule has 0 N–H and O–H groups in total. The molecule has 0 radical (unpaired) electrons. The summed E-state index contributed by atoms with van der Waals surface area (Å²) >= 11 is 0. The van der Waals surface area contributed by atoms with Crippen LogP contribution in [0.25, 0.3) is 0 Å². The average molecular weight is 274 g/mol. The third-order valence-electron chi connectivity index (χ3n) is 4.33. The molecule has 0 saturated carbocycles. The molecule has 108 valence electrons. The molecule has 1 heterocycles. The zero-order chi connectivity index (χ0) is 14.9. The van der Waals surface area contributed by atoms with Gasteiger partial charge in [0.2, 0.25) is 0 Å². The van der Waals surface area contributed by atoms with Crippen molar-refractivity contribution in [1.82, 2.24) is 0 Å². The minimum Gasteiger partial charge on any atom is -0.366 e. The SMILES string of the molecule is CCCCN1c2cc(F)c(C#N)cc2[C@H](C)CC1(C)C. The van der Waals surface area contributed by atoms with Crippen molar-refractivity contribution in [2.24, 2.45) is 0 Å². The maximum atomic E-state index is 14.0. The Bertz CT molecular complexity index is 543. The van der Waals surface area contributed by atoms with Gasteiger partial charge in [0.15, 0.2) is 0 Å². The summed E-state index contributed by atoms with van der Waals surface area (Å²) in [5.41, 5.74) is 2.27. The summed E-state index contributed by atoms with van der Waals surface area (Å²) in [6.45, 7) is 9.71. The molecule has 2 rings (SSSR count). The van der Waals surface area contributed by atoms with Gasteiger partial charge in [0.25, 0.3) is 0 Å². The maximum absolute atomic E-state index is 14.0. The number of unbranched alkanes of at least 4 members (excludes halogenated alkanes) is 1. The van der Waals surface area contributed by atoms with Crippen LogP contribution in [0, 0.1) is 17.1 Å². The van der Waals surface area contributed by atoms with Crippen molar-refractivity contribution < 1.29 is 4.39 Å². The first-order valence-electron chi connectivity index (χ1n) is 7.42. The number of nitrogens with zero attached hydrogens (tertiary/aromatic N) is 2. The first-order chi connectivity index (χ1) is 9.40. The Morgan fingerprint density at radius 1 is 1.45 bits per heavy atom. The first kappa shape index (κ1) is 14.8. The Kier molecular flexibility index (Phi) is 4.04. The molecule has 1 aromatic carbocycles. The molecule has 0 bridgehead atoms. The summed E-state index contributed by atoms with van der Waals surface area (Å²) in [7, 11) is 0. The number of benzene rings is 1. The number of nitriles is 1. The average Bonchev–Trinajstić information content (AvgIpc) is 2.37. The number of hydrogen-bond donors (Lipinski definition) is 0. The van der Waals surface area contributed by atoms with E-state index in [0.29, 0.717) is 5.92 Å². The van der Waals surface area contributed by atoms with Crippen LogP contribution in [0.1, 0.15) is 64.0 Å². The zero-order valence-corrected chi connectivity index (χ0v) is 12.8. The van der Waals surface area contributed by atoms with E-state index in [2.05, 4.69) is 32.6 Å². The Hall–Kier alpha value is -1.56. The van der Waals surface area contributed by atoms with Crippen LogP contribution < -0.4 is 4.90 Å². The summed E-state index contributed by atoms with van der Waals surface area (Å²) < 4.78 is 14.0. The van der Waals surface area contributed by atoms with Crippen LogP contribution in [0.15, 0.2) is 12.1 Å². The van der Waals surface area contributed by atoms with Crippen LogP contribution in [-0.4, -0.2) is 12.1 Å². The number of hydrogen-bond acceptors (Lipinski definition) is 2. The van der Waals surface area contributed by atoms with Crippen molar-refractivity contribution in [3.8, 4) is 6.07 Å². The van der Waals surface area contributed by atoms with Gasteiger partial charge in [-0.3, -0.25) is 0 Å². The van der Waals surface area contributed by atoms with Crippen molar-refractivity contribution in [1.29, 1.82) is 5.26 Å². The van der Waals surface area contributed by atoms with Crippen LogP contribution in [-0.2, 0) is 0 Å². The third-order valence-corrected chi connectivity index (χ3v) is 4.33. The van der Waals surface area contributed by atoms with Gasteiger partial charge < -0.3 is 4.90 Å².